The molecule has 2 N–H and O–H groups in total. The fourth-order valence-electron chi connectivity index (χ4n) is 2.15. The summed E-state index contributed by atoms with van der Waals surface area (Å²) in [5, 5.41) is 0.491. The molecule has 1 aromatic rings. The van der Waals surface area contributed by atoms with E-state index in [0.717, 1.165) is 0 Å². The molecule has 1 aromatic carbocycles. The van der Waals surface area contributed by atoms with Gasteiger partial charge in [-0.15, -0.1) is 0 Å². The van der Waals surface area contributed by atoms with Crippen molar-refractivity contribution >= 4 is 34.8 Å². The van der Waals surface area contributed by atoms with E-state index in [1.807, 2.05) is 0 Å². The number of piperidine rings is 1. The monoisotopic (exact) mass is 236 g/mol. The lowest BCUT2D eigenvalue weighted by molar-refractivity contribution is -0.123. The van der Waals surface area contributed by atoms with Gasteiger partial charge < -0.3 is 5.73 Å². The van der Waals surface area contributed by atoms with E-state index in [1.165, 1.54) is 4.90 Å². The minimum atomic E-state index is -0.135. The zero-order valence-electron chi connectivity index (χ0n) is 8.31. The number of nitrogen functional groups attached to an aromatic ring is 1. The minimum absolute atomic E-state index is 0.109. The molecule has 4 nitrogen and oxygen atoms in total. The van der Waals surface area contributed by atoms with Gasteiger partial charge in [-0.3, -0.25) is 9.59 Å². The number of carbonyl (C=O) groups excluding carboxylic acids is 2. The van der Waals surface area contributed by atoms with E-state index < -0.39 is 0 Å². The fourth-order valence-corrected chi connectivity index (χ4v) is 2.33. The van der Waals surface area contributed by atoms with Gasteiger partial charge >= 0.3 is 0 Å². The number of halogens is 1. The van der Waals surface area contributed by atoms with E-state index in [9.17, 15) is 9.59 Å². The van der Waals surface area contributed by atoms with Crippen LogP contribution in [-0.4, -0.2) is 11.8 Å². The Morgan fingerprint density at radius 1 is 1.25 bits per heavy atom. The summed E-state index contributed by atoms with van der Waals surface area (Å²) in [6.07, 6.45) is 0.696. The lowest BCUT2D eigenvalue weighted by atomic mass is 10.2. The van der Waals surface area contributed by atoms with Crippen molar-refractivity contribution in [1.29, 1.82) is 0 Å². The molecule has 0 aromatic heterocycles. The van der Waals surface area contributed by atoms with E-state index in [0.29, 0.717) is 22.8 Å². The molecular formula is C11H9ClN2O2. The molecule has 2 aliphatic rings. The van der Waals surface area contributed by atoms with E-state index >= 15 is 0 Å². The first-order chi connectivity index (χ1) is 7.59. The summed E-state index contributed by atoms with van der Waals surface area (Å²) in [5.74, 6) is -0.488. The van der Waals surface area contributed by atoms with Crippen LogP contribution < -0.4 is 10.6 Å². The van der Waals surface area contributed by atoms with Crippen LogP contribution in [0.1, 0.15) is 6.42 Å². The van der Waals surface area contributed by atoms with Gasteiger partial charge in [0.15, 0.2) is 0 Å². The van der Waals surface area contributed by atoms with Crippen molar-refractivity contribution in [3.63, 3.8) is 0 Å². The first-order valence-corrected chi connectivity index (χ1v) is 5.40. The van der Waals surface area contributed by atoms with Gasteiger partial charge in [0.2, 0.25) is 11.8 Å². The van der Waals surface area contributed by atoms with Gasteiger partial charge in [0.05, 0.1) is 23.2 Å². The van der Waals surface area contributed by atoms with Gasteiger partial charge in [-0.1, -0.05) is 11.6 Å². The molecule has 2 amide bonds. The van der Waals surface area contributed by atoms with Crippen molar-refractivity contribution in [2.45, 2.75) is 6.42 Å². The molecule has 0 spiro atoms. The second-order valence-corrected chi connectivity index (χ2v) is 4.60. The SMILES string of the molecule is Nc1cc(Cl)ccc1N1C(=O)C2CC2C1=O. The van der Waals surface area contributed by atoms with Gasteiger partial charge in [-0.05, 0) is 24.6 Å². The Balaban J connectivity index is 2.04. The normalized spacial score (nSPS) is 27.2. The van der Waals surface area contributed by atoms with Crippen molar-refractivity contribution in [1.82, 2.24) is 0 Å². The summed E-state index contributed by atoms with van der Waals surface area (Å²) in [6.45, 7) is 0. The van der Waals surface area contributed by atoms with Gasteiger partial charge in [-0.2, -0.15) is 0 Å². The van der Waals surface area contributed by atoms with Crippen molar-refractivity contribution in [3.8, 4) is 0 Å². The quantitative estimate of drug-likeness (QED) is 0.593. The van der Waals surface area contributed by atoms with E-state index in [2.05, 4.69) is 0 Å². The van der Waals surface area contributed by atoms with E-state index in [-0.39, 0.29) is 23.7 Å². The van der Waals surface area contributed by atoms with E-state index in [4.69, 9.17) is 17.3 Å². The first kappa shape index (κ1) is 9.66. The zero-order chi connectivity index (χ0) is 11.4. The Morgan fingerprint density at radius 3 is 2.44 bits per heavy atom. The number of rotatable bonds is 1. The van der Waals surface area contributed by atoms with Crippen LogP contribution in [0.5, 0.6) is 0 Å². The second kappa shape index (κ2) is 2.98. The maximum atomic E-state index is 11.8. The molecule has 1 aliphatic carbocycles. The number of anilines is 2. The molecule has 3 rings (SSSR count). The molecule has 16 heavy (non-hydrogen) atoms. The van der Waals surface area contributed by atoms with Gasteiger partial charge in [-0.25, -0.2) is 4.90 Å². The summed E-state index contributed by atoms with van der Waals surface area (Å²) in [7, 11) is 0. The Morgan fingerprint density at radius 2 is 1.88 bits per heavy atom. The third-order valence-corrected chi connectivity index (χ3v) is 3.33. The molecule has 0 bridgehead atoms. The van der Waals surface area contributed by atoms with Crippen molar-refractivity contribution in [2.75, 3.05) is 10.6 Å². The Kier molecular flexibility index (Phi) is 1.80. The van der Waals surface area contributed by atoms with Gasteiger partial charge in [0.25, 0.3) is 0 Å². The van der Waals surface area contributed by atoms with Crippen LogP contribution >= 0.6 is 11.6 Å². The second-order valence-electron chi connectivity index (χ2n) is 4.16. The Bertz CT molecular complexity index is 495. The van der Waals surface area contributed by atoms with Gasteiger partial charge in [0.1, 0.15) is 0 Å². The molecule has 1 aliphatic heterocycles. The van der Waals surface area contributed by atoms with Crippen LogP contribution in [0.25, 0.3) is 0 Å². The van der Waals surface area contributed by atoms with Crippen LogP contribution in [0, 0.1) is 11.8 Å². The smallest absolute Gasteiger partial charge is 0.237 e. The number of amides is 2. The van der Waals surface area contributed by atoms with Crippen LogP contribution in [0.15, 0.2) is 18.2 Å². The number of hydrogen-bond acceptors (Lipinski definition) is 3. The molecule has 82 valence electrons. The lowest BCUT2D eigenvalue weighted by Gasteiger charge is -2.18. The molecule has 2 atom stereocenters. The van der Waals surface area contributed by atoms with Crippen LogP contribution in [-0.2, 0) is 9.59 Å². The number of nitrogens with two attached hydrogens (primary N) is 1. The highest BCUT2D eigenvalue weighted by atomic mass is 35.5. The molecular weight excluding hydrogens is 228 g/mol. The topological polar surface area (TPSA) is 63.4 Å². The highest BCUT2D eigenvalue weighted by Crippen LogP contribution is 2.49. The maximum absolute atomic E-state index is 11.8. The minimum Gasteiger partial charge on any atom is -0.397 e. The summed E-state index contributed by atoms with van der Waals surface area (Å²) >= 11 is 5.77. The number of carbonyl (C=O) groups is 2. The third-order valence-electron chi connectivity index (χ3n) is 3.10. The molecule has 1 saturated carbocycles. The maximum Gasteiger partial charge on any atom is 0.237 e. The fraction of sp³-hybridized carbons (Fsp3) is 0.273. The molecule has 1 heterocycles. The average Bonchev–Trinajstić information content (AvgIpc) is 2.96. The Hall–Kier alpha value is -1.55. The lowest BCUT2D eigenvalue weighted by Crippen LogP contribution is -2.33. The van der Waals surface area contributed by atoms with Gasteiger partial charge in [0, 0.05) is 5.02 Å². The van der Waals surface area contributed by atoms with Crippen molar-refractivity contribution < 1.29 is 9.59 Å². The van der Waals surface area contributed by atoms with Crippen molar-refractivity contribution in [3.05, 3.63) is 23.2 Å². The summed E-state index contributed by atoms with van der Waals surface area (Å²) < 4.78 is 0. The molecule has 1 saturated heterocycles. The molecule has 2 fully saturated rings. The standard InChI is InChI=1S/C11H9ClN2O2/c12-5-1-2-9(8(13)3-5)14-10(15)6-4-7(6)11(14)16/h1-3,6-7H,4,13H2. The molecule has 0 radical (unpaired) electrons. The number of hydrogen-bond donors (Lipinski definition) is 1. The van der Waals surface area contributed by atoms with Crippen LogP contribution in [0.3, 0.4) is 0 Å². The Labute approximate surface area is 97.0 Å². The third kappa shape index (κ3) is 1.16. The summed E-state index contributed by atoms with van der Waals surface area (Å²) in [5.41, 5.74) is 6.56. The van der Waals surface area contributed by atoms with Crippen LogP contribution in [0.2, 0.25) is 5.02 Å². The summed E-state index contributed by atoms with van der Waals surface area (Å²) in [4.78, 5) is 24.8. The zero-order valence-corrected chi connectivity index (χ0v) is 9.07. The van der Waals surface area contributed by atoms with E-state index in [1.54, 1.807) is 18.2 Å². The predicted octanol–water partition coefficient (Wildman–Crippen LogP) is 1.43. The number of imide groups is 1. The predicted molar refractivity (Wildman–Crippen MR) is 60.0 cm³/mol. The van der Waals surface area contributed by atoms with Crippen molar-refractivity contribution in [2.24, 2.45) is 11.8 Å². The number of benzene rings is 1. The highest BCUT2D eigenvalue weighted by molar-refractivity contribution is 6.31. The van der Waals surface area contributed by atoms with Crippen LogP contribution in [0.4, 0.5) is 11.4 Å². The average molecular weight is 237 g/mol. The number of nitrogens with zero attached hydrogens (tertiary/aromatic N) is 1. The summed E-state index contributed by atoms with van der Waals surface area (Å²) in [6, 6.07) is 4.78. The largest absolute Gasteiger partial charge is 0.397 e. The molecule has 5 heteroatoms. The highest BCUT2D eigenvalue weighted by Gasteiger charge is 2.59. The molecule has 2 unspecified atom stereocenters. The number of fused-ring (bicyclic) bond motifs is 1. The first-order valence-electron chi connectivity index (χ1n) is 5.02.